The second kappa shape index (κ2) is 10.8. The van der Waals surface area contributed by atoms with E-state index in [1.54, 1.807) is 18.2 Å². The van der Waals surface area contributed by atoms with Crippen LogP contribution in [-0.4, -0.2) is 35.3 Å². The van der Waals surface area contributed by atoms with Gasteiger partial charge in [-0.25, -0.2) is 22.8 Å². The fraction of sp³-hybridized carbons (Fsp3) is 0.167. The first-order valence-electron chi connectivity index (χ1n) is 10.8. The number of sulfonamides is 1. The molecule has 2 aromatic carbocycles. The summed E-state index contributed by atoms with van der Waals surface area (Å²) in [5.74, 6) is -0.688. The molecule has 192 valence electrons. The number of pyridine rings is 1. The molecule has 0 aliphatic rings. The normalized spacial score (nSPS) is 11.5. The smallest absolute Gasteiger partial charge is 0.263 e. The number of methoxy groups -OCH3 is 1. The van der Waals surface area contributed by atoms with Crippen LogP contribution in [0.25, 0.3) is 22.0 Å². The van der Waals surface area contributed by atoms with E-state index in [4.69, 9.17) is 27.9 Å². The molecule has 0 saturated heterocycles. The van der Waals surface area contributed by atoms with Gasteiger partial charge in [0.25, 0.3) is 15.6 Å². The SMILES string of the molecule is COc1ncc(-c2ccc3ncn(CCCC(=O)Cl)c(=O)c3c2)cc1NS(=O)(=O)c1ccc(F)cc1Cl. The Kier molecular flexibility index (Phi) is 7.76. The third kappa shape index (κ3) is 5.90. The van der Waals surface area contributed by atoms with Crippen molar-refractivity contribution in [2.24, 2.45) is 0 Å². The van der Waals surface area contributed by atoms with E-state index in [1.165, 1.54) is 30.3 Å². The topological polar surface area (TPSA) is 120 Å². The number of rotatable bonds is 9. The number of hydrogen-bond acceptors (Lipinski definition) is 7. The maximum atomic E-state index is 13.4. The van der Waals surface area contributed by atoms with Gasteiger partial charge in [-0.1, -0.05) is 17.7 Å². The van der Waals surface area contributed by atoms with Crippen molar-refractivity contribution in [2.45, 2.75) is 24.3 Å². The van der Waals surface area contributed by atoms with Crippen molar-refractivity contribution >= 4 is 55.1 Å². The van der Waals surface area contributed by atoms with Gasteiger partial charge in [0, 0.05) is 24.7 Å². The third-order valence-corrected chi connectivity index (χ3v) is 7.44. The highest BCUT2D eigenvalue weighted by atomic mass is 35.5. The van der Waals surface area contributed by atoms with E-state index in [1.807, 2.05) is 0 Å². The largest absolute Gasteiger partial charge is 0.480 e. The molecule has 1 N–H and O–H groups in total. The van der Waals surface area contributed by atoms with Gasteiger partial charge in [-0.2, -0.15) is 0 Å². The molecule has 9 nitrogen and oxygen atoms in total. The summed E-state index contributed by atoms with van der Waals surface area (Å²) in [6, 6.07) is 9.40. The maximum Gasteiger partial charge on any atom is 0.263 e. The van der Waals surface area contributed by atoms with Crippen LogP contribution in [0, 0.1) is 5.82 Å². The molecule has 2 heterocycles. The fourth-order valence-corrected chi connectivity index (χ4v) is 5.34. The minimum Gasteiger partial charge on any atom is -0.480 e. The lowest BCUT2D eigenvalue weighted by Gasteiger charge is -2.14. The van der Waals surface area contributed by atoms with E-state index < -0.39 is 21.1 Å². The lowest BCUT2D eigenvalue weighted by atomic mass is 10.1. The van der Waals surface area contributed by atoms with Gasteiger partial charge in [0.1, 0.15) is 16.4 Å². The third-order valence-electron chi connectivity index (χ3n) is 5.40. The highest BCUT2D eigenvalue weighted by Gasteiger charge is 2.21. The Morgan fingerprint density at radius 1 is 1.14 bits per heavy atom. The predicted octanol–water partition coefficient (Wildman–Crippen LogP) is 4.61. The number of nitrogens with zero attached hydrogens (tertiary/aromatic N) is 3. The van der Waals surface area contributed by atoms with Crippen molar-refractivity contribution in [3.05, 3.63) is 76.2 Å². The number of ether oxygens (including phenoxy) is 1. The molecule has 0 aliphatic carbocycles. The summed E-state index contributed by atoms with van der Waals surface area (Å²) in [4.78, 5) is 32.1. The predicted molar refractivity (Wildman–Crippen MR) is 138 cm³/mol. The second-order valence-electron chi connectivity index (χ2n) is 7.89. The number of nitrogens with one attached hydrogen (secondary N) is 1. The molecule has 0 aliphatic heterocycles. The van der Waals surface area contributed by atoms with Crippen molar-refractivity contribution in [3.63, 3.8) is 0 Å². The Bertz CT molecular complexity index is 1680. The molecule has 0 radical (unpaired) electrons. The Morgan fingerprint density at radius 3 is 2.62 bits per heavy atom. The average molecular weight is 565 g/mol. The molecule has 0 saturated carbocycles. The monoisotopic (exact) mass is 564 g/mol. The Labute approximate surface area is 220 Å². The van der Waals surface area contributed by atoms with E-state index in [9.17, 15) is 22.4 Å². The number of fused-ring (bicyclic) bond motifs is 1. The van der Waals surface area contributed by atoms with Gasteiger partial charge < -0.3 is 4.74 Å². The van der Waals surface area contributed by atoms with Crippen LogP contribution in [0.2, 0.25) is 5.02 Å². The summed E-state index contributed by atoms with van der Waals surface area (Å²) in [6.45, 7) is 0.270. The summed E-state index contributed by atoms with van der Waals surface area (Å²) in [7, 11) is -2.89. The van der Waals surface area contributed by atoms with Crippen LogP contribution in [-0.2, 0) is 21.4 Å². The first-order valence-corrected chi connectivity index (χ1v) is 13.0. The van der Waals surface area contributed by atoms with Gasteiger partial charge >= 0.3 is 0 Å². The molecule has 0 atom stereocenters. The number of anilines is 1. The molecule has 0 amide bonds. The number of carbonyl (C=O) groups excluding carboxylic acids is 1. The molecule has 37 heavy (non-hydrogen) atoms. The molecule has 0 spiro atoms. The van der Waals surface area contributed by atoms with E-state index in [0.717, 1.165) is 18.2 Å². The van der Waals surface area contributed by atoms with Crippen molar-refractivity contribution in [2.75, 3.05) is 11.8 Å². The molecule has 0 fully saturated rings. The Hall–Kier alpha value is -3.54. The van der Waals surface area contributed by atoms with Gasteiger partial charge in [-0.3, -0.25) is 18.9 Å². The zero-order valence-corrected chi connectivity index (χ0v) is 21.6. The fourth-order valence-electron chi connectivity index (χ4n) is 3.62. The molecule has 4 aromatic rings. The quantitative estimate of drug-likeness (QED) is 0.295. The Morgan fingerprint density at radius 2 is 1.92 bits per heavy atom. The number of aromatic nitrogens is 3. The van der Waals surface area contributed by atoms with Gasteiger partial charge in [0.2, 0.25) is 11.1 Å². The Balaban J connectivity index is 1.71. The summed E-state index contributed by atoms with van der Waals surface area (Å²) in [5, 5.41) is -0.443. The standard InChI is InChI=1S/C24H19Cl2FN4O5S/c1-36-23-20(30-37(34,35)21-7-5-16(27)11-18(21)25)10-15(12-28-23)14-4-6-19-17(9-14)24(33)31(13-29-19)8-2-3-22(26)32/h4-7,9-13,30H,2-3,8H2,1H3. The van der Waals surface area contributed by atoms with Gasteiger partial charge in [-0.15, -0.1) is 0 Å². The zero-order chi connectivity index (χ0) is 26.7. The van der Waals surface area contributed by atoms with Gasteiger partial charge in [-0.05, 0) is 60.0 Å². The number of benzene rings is 2. The number of halogens is 3. The second-order valence-corrected chi connectivity index (χ2v) is 10.4. The van der Waals surface area contributed by atoms with Crippen LogP contribution in [0.4, 0.5) is 10.1 Å². The van der Waals surface area contributed by atoms with Crippen molar-refractivity contribution in [1.82, 2.24) is 14.5 Å². The van der Waals surface area contributed by atoms with Crippen LogP contribution in [0.1, 0.15) is 12.8 Å². The summed E-state index contributed by atoms with van der Waals surface area (Å²) in [5.41, 5.74) is 1.22. The molecule has 13 heteroatoms. The minimum absolute atomic E-state index is 0.00910. The van der Waals surface area contributed by atoms with E-state index >= 15 is 0 Å². The summed E-state index contributed by atoms with van der Waals surface area (Å²) >= 11 is 11.3. The van der Waals surface area contributed by atoms with Gasteiger partial charge in [0.05, 0.1) is 29.4 Å². The molecule has 2 aromatic heterocycles. The van der Waals surface area contributed by atoms with E-state index in [0.29, 0.717) is 28.5 Å². The lowest BCUT2D eigenvalue weighted by Crippen LogP contribution is -2.21. The van der Waals surface area contributed by atoms with Gasteiger partial charge in [0.15, 0.2) is 0 Å². The zero-order valence-electron chi connectivity index (χ0n) is 19.2. The molecular formula is C24H19Cl2FN4O5S. The highest BCUT2D eigenvalue weighted by molar-refractivity contribution is 7.92. The minimum atomic E-state index is -4.22. The van der Waals surface area contributed by atoms with Crippen molar-refractivity contribution in [3.8, 4) is 17.0 Å². The first kappa shape index (κ1) is 26.5. The average Bonchev–Trinajstić information content (AvgIpc) is 2.84. The summed E-state index contributed by atoms with van der Waals surface area (Å²) in [6.07, 6.45) is 3.39. The van der Waals surface area contributed by atoms with Crippen LogP contribution >= 0.6 is 23.2 Å². The number of carbonyl (C=O) groups is 1. The molecular weight excluding hydrogens is 546 g/mol. The van der Waals surface area contributed by atoms with Crippen LogP contribution in [0.15, 0.2) is 64.7 Å². The number of hydrogen-bond donors (Lipinski definition) is 1. The van der Waals surface area contributed by atoms with Crippen LogP contribution in [0.5, 0.6) is 5.88 Å². The maximum absolute atomic E-state index is 13.4. The van der Waals surface area contributed by atoms with Crippen LogP contribution in [0.3, 0.4) is 0 Å². The lowest BCUT2D eigenvalue weighted by molar-refractivity contribution is -0.111. The molecule has 0 unspecified atom stereocenters. The van der Waals surface area contributed by atoms with E-state index in [-0.39, 0.29) is 40.0 Å². The van der Waals surface area contributed by atoms with E-state index in [2.05, 4.69) is 14.7 Å². The van der Waals surface area contributed by atoms with Crippen molar-refractivity contribution in [1.29, 1.82) is 0 Å². The number of aryl methyl sites for hydroxylation is 1. The first-order chi connectivity index (χ1) is 17.6. The molecule has 4 rings (SSSR count). The summed E-state index contributed by atoms with van der Waals surface area (Å²) < 4.78 is 48.3. The molecule has 0 bridgehead atoms. The highest BCUT2D eigenvalue weighted by Crippen LogP contribution is 2.32. The van der Waals surface area contributed by atoms with Crippen LogP contribution < -0.4 is 15.0 Å². The van der Waals surface area contributed by atoms with Crippen molar-refractivity contribution < 1.29 is 22.3 Å².